The zero-order valence-corrected chi connectivity index (χ0v) is 8.90. The van der Waals surface area contributed by atoms with Gasteiger partial charge in [0.1, 0.15) is 6.10 Å². The predicted octanol–water partition coefficient (Wildman–Crippen LogP) is 1.64. The van der Waals surface area contributed by atoms with Crippen LogP contribution in [0.3, 0.4) is 0 Å². The number of nitrogen functional groups attached to an aromatic ring is 2. The first-order valence-corrected chi connectivity index (χ1v) is 4.91. The lowest BCUT2D eigenvalue weighted by Gasteiger charge is -2.11. The summed E-state index contributed by atoms with van der Waals surface area (Å²) in [5.41, 5.74) is 13.6. The highest BCUT2D eigenvalue weighted by Gasteiger charge is 2.05. The van der Waals surface area contributed by atoms with Crippen LogP contribution in [0.5, 0.6) is 0 Å². The minimum absolute atomic E-state index is 0.124. The van der Waals surface area contributed by atoms with Crippen LogP contribution in [0.15, 0.2) is 24.4 Å². The molecule has 0 saturated heterocycles. The maximum Gasteiger partial charge on any atom is 0.119 e. The Morgan fingerprint density at radius 2 is 1.87 bits per heavy atom. The summed E-state index contributed by atoms with van der Waals surface area (Å²) in [6, 6.07) is 5.63. The number of nitrogens with zero attached hydrogens (tertiary/aromatic N) is 1. The van der Waals surface area contributed by atoms with Gasteiger partial charge >= 0.3 is 0 Å². The fourth-order valence-corrected chi connectivity index (χ4v) is 1.51. The van der Waals surface area contributed by atoms with Crippen molar-refractivity contribution in [1.82, 2.24) is 4.73 Å². The van der Waals surface area contributed by atoms with E-state index in [4.69, 9.17) is 16.3 Å². The highest BCUT2D eigenvalue weighted by Crippen LogP contribution is 2.24. The van der Waals surface area contributed by atoms with Crippen LogP contribution >= 0.6 is 0 Å². The SMILES string of the molecule is CC(C)On1ccc2cc(N)c(N)cc21. The van der Waals surface area contributed by atoms with Crippen LogP contribution in [0, 0.1) is 0 Å². The Labute approximate surface area is 88.4 Å². The third kappa shape index (κ3) is 1.70. The lowest BCUT2D eigenvalue weighted by Crippen LogP contribution is -2.17. The van der Waals surface area contributed by atoms with Gasteiger partial charge in [-0.3, -0.25) is 0 Å². The molecule has 2 rings (SSSR count). The van der Waals surface area contributed by atoms with Gasteiger partial charge in [0.15, 0.2) is 0 Å². The van der Waals surface area contributed by atoms with Crippen molar-refractivity contribution in [3.63, 3.8) is 0 Å². The van der Waals surface area contributed by atoms with Crippen molar-refractivity contribution >= 4 is 22.3 Å². The van der Waals surface area contributed by atoms with Gasteiger partial charge in [-0.2, -0.15) is 4.73 Å². The van der Waals surface area contributed by atoms with Gasteiger partial charge in [-0.05, 0) is 32.0 Å². The molecule has 0 amide bonds. The van der Waals surface area contributed by atoms with Crippen molar-refractivity contribution in [2.24, 2.45) is 0 Å². The van der Waals surface area contributed by atoms with Crippen molar-refractivity contribution < 1.29 is 4.84 Å². The topological polar surface area (TPSA) is 66.2 Å². The molecule has 0 bridgehead atoms. The molecule has 4 nitrogen and oxygen atoms in total. The van der Waals surface area contributed by atoms with E-state index >= 15 is 0 Å². The first-order valence-electron chi connectivity index (χ1n) is 4.91. The van der Waals surface area contributed by atoms with E-state index in [0.29, 0.717) is 11.4 Å². The van der Waals surface area contributed by atoms with Crippen molar-refractivity contribution in [3.05, 3.63) is 24.4 Å². The molecule has 4 N–H and O–H groups in total. The third-order valence-corrected chi connectivity index (χ3v) is 2.18. The molecule has 1 aromatic heterocycles. The summed E-state index contributed by atoms with van der Waals surface area (Å²) in [4.78, 5) is 5.58. The zero-order chi connectivity index (χ0) is 11.0. The van der Waals surface area contributed by atoms with Gasteiger partial charge in [-0.15, -0.1) is 0 Å². The van der Waals surface area contributed by atoms with Gasteiger partial charge < -0.3 is 16.3 Å². The molecule has 1 aromatic carbocycles. The van der Waals surface area contributed by atoms with Crippen molar-refractivity contribution in [2.75, 3.05) is 11.5 Å². The number of nitrogens with two attached hydrogens (primary N) is 2. The Morgan fingerprint density at radius 3 is 2.53 bits per heavy atom. The van der Waals surface area contributed by atoms with E-state index in [0.717, 1.165) is 10.9 Å². The number of hydrogen-bond acceptors (Lipinski definition) is 3. The van der Waals surface area contributed by atoms with Gasteiger partial charge in [0, 0.05) is 11.6 Å². The standard InChI is InChI=1S/C11H15N3O/c1-7(2)15-14-4-3-8-5-9(12)10(13)6-11(8)14/h3-7H,12-13H2,1-2H3. The highest BCUT2D eigenvalue weighted by atomic mass is 16.7. The number of benzene rings is 1. The number of aromatic nitrogens is 1. The van der Waals surface area contributed by atoms with Crippen LogP contribution in [0.4, 0.5) is 11.4 Å². The molecule has 80 valence electrons. The Morgan fingerprint density at radius 1 is 1.20 bits per heavy atom. The maximum absolute atomic E-state index is 5.75. The zero-order valence-electron chi connectivity index (χ0n) is 8.90. The monoisotopic (exact) mass is 205 g/mol. The minimum Gasteiger partial charge on any atom is -0.411 e. The van der Waals surface area contributed by atoms with Crippen molar-refractivity contribution in [3.8, 4) is 0 Å². The van der Waals surface area contributed by atoms with Gasteiger partial charge in [0.05, 0.1) is 16.9 Å². The van der Waals surface area contributed by atoms with E-state index in [1.165, 1.54) is 0 Å². The van der Waals surface area contributed by atoms with Crippen LogP contribution in [0.1, 0.15) is 13.8 Å². The summed E-state index contributed by atoms with van der Waals surface area (Å²) >= 11 is 0. The Hall–Kier alpha value is -1.84. The van der Waals surface area contributed by atoms with Gasteiger partial charge in [-0.1, -0.05) is 0 Å². The molecular formula is C11H15N3O. The fraction of sp³-hybridized carbons (Fsp3) is 0.273. The first-order chi connectivity index (χ1) is 7.08. The van der Waals surface area contributed by atoms with Gasteiger partial charge in [0.25, 0.3) is 0 Å². The maximum atomic E-state index is 5.75. The minimum atomic E-state index is 0.124. The molecule has 1 heterocycles. The molecule has 0 atom stereocenters. The van der Waals surface area contributed by atoms with Crippen molar-refractivity contribution in [1.29, 1.82) is 0 Å². The molecule has 4 heteroatoms. The second kappa shape index (κ2) is 3.38. The Bertz CT molecular complexity index is 488. The van der Waals surface area contributed by atoms with Crippen molar-refractivity contribution in [2.45, 2.75) is 20.0 Å². The summed E-state index contributed by atoms with van der Waals surface area (Å²) in [5, 5.41) is 1.03. The van der Waals surface area contributed by atoms with Crippen LogP contribution in [0.25, 0.3) is 10.9 Å². The molecule has 0 saturated carbocycles. The summed E-state index contributed by atoms with van der Waals surface area (Å²) in [6.07, 6.45) is 1.99. The summed E-state index contributed by atoms with van der Waals surface area (Å²) in [5.74, 6) is 0. The molecule has 15 heavy (non-hydrogen) atoms. The average molecular weight is 205 g/mol. The highest BCUT2D eigenvalue weighted by molar-refractivity contribution is 5.88. The predicted molar refractivity (Wildman–Crippen MR) is 62.5 cm³/mol. The molecule has 0 unspecified atom stereocenters. The quantitative estimate of drug-likeness (QED) is 0.732. The van der Waals surface area contributed by atoms with E-state index in [2.05, 4.69) is 0 Å². The summed E-state index contributed by atoms with van der Waals surface area (Å²) in [7, 11) is 0. The van der Waals surface area contributed by atoms with Gasteiger partial charge in [-0.25, -0.2) is 0 Å². The smallest absolute Gasteiger partial charge is 0.119 e. The summed E-state index contributed by atoms with van der Waals surface area (Å²) in [6.45, 7) is 3.96. The van der Waals surface area contributed by atoms with E-state index in [9.17, 15) is 0 Å². The molecule has 0 radical (unpaired) electrons. The molecular weight excluding hydrogens is 190 g/mol. The molecule has 0 fully saturated rings. The van der Waals surface area contributed by atoms with Crippen LogP contribution in [-0.4, -0.2) is 10.8 Å². The number of fused-ring (bicyclic) bond motifs is 1. The van der Waals surface area contributed by atoms with Gasteiger partial charge in [0.2, 0.25) is 0 Å². The average Bonchev–Trinajstić information content (AvgIpc) is 2.49. The van der Waals surface area contributed by atoms with Crippen LogP contribution in [-0.2, 0) is 0 Å². The second-order valence-corrected chi connectivity index (χ2v) is 3.84. The van der Waals surface area contributed by atoms with E-state index < -0.39 is 0 Å². The molecule has 2 aromatic rings. The largest absolute Gasteiger partial charge is 0.411 e. The second-order valence-electron chi connectivity index (χ2n) is 3.84. The first kappa shape index (κ1) is 9.71. The van der Waals surface area contributed by atoms with E-state index in [1.54, 1.807) is 4.73 Å². The molecule has 0 spiro atoms. The van der Waals surface area contributed by atoms with Crippen LogP contribution < -0.4 is 16.3 Å². The van der Waals surface area contributed by atoms with E-state index in [-0.39, 0.29) is 6.10 Å². The lowest BCUT2D eigenvalue weighted by molar-refractivity contribution is 0.0686. The number of rotatable bonds is 2. The normalized spacial score (nSPS) is 11.1. The van der Waals surface area contributed by atoms with E-state index in [1.807, 2.05) is 38.2 Å². The Balaban J connectivity index is 2.54. The molecule has 0 aliphatic rings. The molecule has 0 aliphatic carbocycles. The lowest BCUT2D eigenvalue weighted by atomic mass is 10.2. The third-order valence-electron chi connectivity index (χ3n) is 2.18. The van der Waals surface area contributed by atoms with Crippen LogP contribution in [0.2, 0.25) is 0 Å². The Kier molecular flexibility index (Phi) is 2.19. The fourth-order valence-electron chi connectivity index (χ4n) is 1.51. The number of anilines is 2. The number of hydrogen-bond donors (Lipinski definition) is 2. The molecule has 0 aliphatic heterocycles. The summed E-state index contributed by atoms with van der Waals surface area (Å²) < 4.78 is 1.72.